The summed E-state index contributed by atoms with van der Waals surface area (Å²) in [4.78, 5) is 24.0. The molecule has 0 N–H and O–H groups in total. The zero-order chi connectivity index (χ0) is 21.2. The molecule has 0 heterocycles. The Bertz CT molecular complexity index is 550. The van der Waals surface area contributed by atoms with Gasteiger partial charge in [0.15, 0.2) is 0 Å². The van der Waals surface area contributed by atoms with E-state index in [-0.39, 0.29) is 11.9 Å². The summed E-state index contributed by atoms with van der Waals surface area (Å²) in [5.41, 5.74) is 0.937. The molecule has 1 aromatic rings. The Balaban J connectivity index is 2.11. The van der Waals surface area contributed by atoms with Crippen LogP contribution in [0.2, 0.25) is 0 Å². The van der Waals surface area contributed by atoms with E-state index in [1.165, 1.54) is 51.4 Å². The van der Waals surface area contributed by atoms with Crippen molar-refractivity contribution in [3.63, 3.8) is 0 Å². The van der Waals surface area contributed by atoms with Crippen molar-refractivity contribution in [3.8, 4) is 0 Å². The van der Waals surface area contributed by atoms with Gasteiger partial charge in [-0.05, 0) is 37.1 Å². The molecule has 4 heteroatoms. The number of unbranched alkanes of at least 4 members (excludes halogenated alkanes) is 11. The second-order valence-electron chi connectivity index (χ2n) is 7.74. The Kier molecular flexibility index (Phi) is 14.8. The first kappa shape index (κ1) is 25.2. The normalized spacial score (nSPS) is 10.7. The second-order valence-corrected chi connectivity index (χ2v) is 7.74. The van der Waals surface area contributed by atoms with Gasteiger partial charge < -0.3 is 9.47 Å². The molecule has 0 aliphatic carbocycles. The number of carbonyl (C=O) groups is 2. The number of rotatable bonds is 17. The first-order valence-corrected chi connectivity index (χ1v) is 11.6. The Morgan fingerprint density at radius 3 is 1.28 bits per heavy atom. The van der Waals surface area contributed by atoms with Crippen LogP contribution in [0.25, 0.3) is 0 Å². The quantitative estimate of drug-likeness (QED) is 0.205. The van der Waals surface area contributed by atoms with E-state index in [0.717, 1.165) is 32.1 Å². The maximum atomic E-state index is 12.1. The molecule has 0 atom stereocenters. The van der Waals surface area contributed by atoms with Crippen LogP contribution in [0.15, 0.2) is 24.3 Å². The summed E-state index contributed by atoms with van der Waals surface area (Å²) in [5.74, 6) is -0.671. The van der Waals surface area contributed by atoms with Crippen molar-refractivity contribution < 1.29 is 19.1 Å². The highest BCUT2D eigenvalue weighted by atomic mass is 16.5. The summed E-state index contributed by atoms with van der Waals surface area (Å²) in [7, 11) is 0. The molecule has 0 aromatic heterocycles. The summed E-state index contributed by atoms with van der Waals surface area (Å²) in [6, 6.07) is 6.51. The first-order valence-electron chi connectivity index (χ1n) is 11.6. The van der Waals surface area contributed by atoms with Gasteiger partial charge in [-0.3, -0.25) is 0 Å². The van der Waals surface area contributed by atoms with Gasteiger partial charge in [0.1, 0.15) is 0 Å². The van der Waals surface area contributed by atoms with Crippen molar-refractivity contribution in [3.05, 3.63) is 35.4 Å². The average Bonchev–Trinajstić information content (AvgIpc) is 2.75. The number of ether oxygens (including phenoxy) is 2. The van der Waals surface area contributed by atoms with E-state index in [9.17, 15) is 9.59 Å². The molecular weight excluding hydrogens is 364 g/mol. The van der Waals surface area contributed by atoms with Crippen LogP contribution in [-0.2, 0) is 9.47 Å². The molecule has 0 saturated carbocycles. The van der Waals surface area contributed by atoms with Gasteiger partial charge in [0, 0.05) is 0 Å². The molecule has 164 valence electrons. The van der Waals surface area contributed by atoms with Gasteiger partial charge in [0.2, 0.25) is 0 Å². The number of carbonyl (C=O) groups excluding carboxylic acids is 2. The molecule has 0 amide bonds. The predicted molar refractivity (Wildman–Crippen MR) is 118 cm³/mol. The van der Waals surface area contributed by atoms with Gasteiger partial charge in [-0.15, -0.1) is 0 Å². The van der Waals surface area contributed by atoms with Crippen LogP contribution in [0.3, 0.4) is 0 Å². The molecule has 0 unspecified atom stereocenters. The molecule has 0 aliphatic heterocycles. The minimum Gasteiger partial charge on any atom is -0.462 e. The van der Waals surface area contributed by atoms with Gasteiger partial charge in [-0.2, -0.15) is 0 Å². The molecule has 0 aliphatic rings. The minimum absolute atomic E-state index is 0.330. The van der Waals surface area contributed by atoms with Crippen LogP contribution >= 0.6 is 0 Å². The van der Waals surface area contributed by atoms with Gasteiger partial charge >= 0.3 is 11.9 Å². The van der Waals surface area contributed by atoms with Crippen LogP contribution in [0.4, 0.5) is 0 Å². The zero-order valence-electron chi connectivity index (χ0n) is 18.5. The van der Waals surface area contributed by atoms with E-state index in [4.69, 9.17) is 9.47 Å². The summed E-state index contributed by atoms with van der Waals surface area (Å²) >= 11 is 0. The second kappa shape index (κ2) is 17.1. The van der Waals surface area contributed by atoms with E-state index in [0.29, 0.717) is 24.3 Å². The van der Waals surface area contributed by atoms with E-state index in [2.05, 4.69) is 13.8 Å². The topological polar surface area (TPSA) is 52.6 Å². The number of benzene rings is 1. The Morgan fingerprint density at radius 1 is 0.552 bits per heavy atom. The fraction of sp³-hybridized carbons (Fsp3) is 0.680. The van der Waals surface area contributed by atoms with Crippen molar-refractivity contribution in [2.45, 2.75) is 97.3 Å². The number of hydrogen-bond donors (Lipinski definition) is 0. The van der Waals surface area contributed by atoms with Crippen molar-refractivity contribution in [2.24, 2.45) is 0 Å². The van der Waals surface area contributed by atoms with Gasteiger partial charge in [-0.25, -0.2) is 9.59 Å². The van der Waals surface area contributed by atoms with E-state index in [1.54, 1.807) is 24.3 Å². The van der Waals surface area contributed by atoms with Gasteiger partial charge in [-0.1, -0.05) is 84.5 Å². The maximum absolute atomic E-state index is 12.1. The highest BCUT2D eigenvalue weighted by molar-refractivity contribution is 5.93. The molecule has 0 saturated heterocycles. The lowest BCUT2D eigenvalue weighted by molar-refractivity contribution is 0.0483. The molecule has 0 fully saturated rings. The zero-order valence-corrected chi connectivity index (χ0v) is 18.5. The van der Waals surface area contributed by atoms with E-state index in [1.807, 2.05) is 0 Å². The summed E-state index contributed by atoms with van der Waals surface area (Å²) in [5, 5.41) is 0. The molecule has 1 aromatic carbocycles. The molecule has 0 bridgehead atoms. The van der Waals surface area contributed by atoms with Crippen molar-refractivity contribution >= 4 is 11.9 Å². The highest BCUT2D eigenvalue weighted by Gasteiger charge is 2.10. The third-order valence-electron chi connectivity index (χ3n) is 5.07. The fourth-order valence-corrected chi connectivity index (χ4v) is 3.18. The molecule has 0 spiro atoms. The predicted octanol–water partition coefficient (Wildman–Crippen LogP) is 7.11. The van der Waals surface area contributed by atoms with Gasteiger partial charge in [0.25, 0.3) is 0 Å². The highest BCUT2D eigenvalue weighted by Crippen LogP contribution is 2.12. The van der Waals surface area contributed by atoms with E-state index >= 15 is 0 Å². The lowest BCUT2D eigenvalue weighted by atomic mass is 10.1. The maximum Gasteiger partial charge on any atom is 0.338 e. The summed E-state index contributed by atoms with van der Waals surface area (Å²) < 4.78 is 10.6. The van der Waals surface area contributed by atoms with Crippen LogP contribution in [-0.4, -0.2) is 25.2 Å². The van der Waals surface area contributed by atoms with Crippen LogP contribution < -0.4 is 0 Å². The largest absolute Gasteiger partial charge is 0.462 e. The Morgan fingerprint density at radius 2 is 0.862 bits per heavy atom. The smallest absolute Gasteiger partial charge is 0.338 e. The molecular formula is C25H40O4. The Labute approximate surface area is 177 Å². The number of hydrogen-bond acceptors (Lipinski definition) is 4. The van der Waals surface area contributed by atoms with Crippen molar-refractivity contribution in [1.82, 2.24) is 0 Å². The van der Waals surface area contributed by atoms with Crippen molar-refractivity contribution in [1.29, 1.82) is 0 Å². The van der Waals surface area contributed by atoms with Crippen LogP contribution in [0, 0.1) is 0 Å². The van der Waals surface area contributed by atoms with E-state index < -0.39 is 0 Å². The SMILES string of the molecule is CCCCCCCCCCCCOC(=O)c1ccc(C(=O)OCCCCC)cc1. The third kappa shape index (κ3) is 12.4. The fourth-order valence-electron chi connectivity index (χ4n) is 3.18. The Hall–Kier alpha value is -1.84. The molecule has 1 rings (SSSR count). The van der Waals surface area contributed by atoms with Crippen LogP contribution in [0.5, 0.6) is 0 Å². The van der Waals surface area contributed by atoms with Crippen molar-refractivity contribution in [2.75, 3.05) is 13.2 Å². The molecule has 4 nitrogen and oxygen atoms in total. The molecule has 0 radical (unpaired) electrons. The first-order chi connectivity index (χ1) is 14.2. The third-order valence-corrected chi connectivity index (χ3v) is 5.07. The summed E-state index contributed by atoms with van der Waals surface area (Å²) in [6.07, 6.45) is 15.6. The standard InChI is InChI=1S/C25H40O4/c1-3-5-7-8-9-10-11-12-13-15-21-29-25(27)23-18-16-22(17-19-23)24(26)28-20-14-6-4-2/h16-19H,3-15,20-21H2,1-2H3. The lowest BCUT2D eigenvalue weighted by Gasteiger charge is -2.07. The molecule has 29 heavy (non-hydrogen) atoms. The minimum atomic E-state index is -0.341. The van der Waals surface area contributed by atoms with Crippen LogP contribution in [0.1, 0.15) is 118 Å². The van der Waals surface area contributed by atoms with Gasteiger partial charge in [0.05, 0.1) is 24.3 Å². The lowest BCUT2D eigenvalue weighted by Crippen LogP contribution is -2.09. The monoisotopic (exact) mass is 404 g/mol. The average molecular weight is 405 g/mol. The summed E-state index contributed by atoms with van der Waals surface area (Å²) in [6.45, 7) is 5.25. The number of esters is 2.